The molecule has 0 unspecified atom stereocenters. The first-order valence-corrected chi connectivity index (χ1v) is 3.23. The first kappa shape index (κ1) is 7.28. The Kier molecular flexibility index (Phi) is 2.06. The molecule has 2 nitrogen and oxygen atoms in total. The molecule has 0 aromatic carbocycles. The van der Waals surface area contributed by atoms with Crippen LogP contribution in [0.2, 0.25) is 0 Å². The van der Waals surface area contributed by atoms with E-state index in [0.29, 0.717) is 11.3 Å². The molecule has 0 spiro atoms. The van der Waals surface area contributed by atoms with Gasteiger partial charge in [0.1, 0.15) is 0 Å². The number of anilines is 1. The molecule has 1 heterocycles. The molecule has 0 aliphatic rings. The molecule has 1 aromatic rings. The summed E-state index contributed by atoms with van der Waals surface area (Å²) in [5, 5.41) is 0. The molecule has 10 heavy (non-hydrogen) atoms. The highest BCUT2D eigenvalue weighted by molar-refractivity contribution is 6.17. The highest BCUT2D eigenvalue weighted by Gasteiger charge is 2.00. The lowest BCUT2D eigenvalue weighted by molar-refractivity contribution is 0.573. The Labute approximate surface area is 62.8 Å². The molecular weight excluding hydrogens is 155 g/mol. The molecule has 0 atom stereocenters. The fourth-order valence-corrected chi connectivity index (χ4v) is 0.793. The maximum absolute atomic E-state index is 12.5. The van der Waals surface area contributed by atoms with Crippen LogP contribution in [0.3, 0.4) is 0 Å². The smallest absolute Gasteiger partial charge is 0.217 e. The largest absolute Gasteiger partial charge is 0.397 e. The number of halogens is 2. The number of pyridine rings is 1. The van der Waals surface area contributed by atoms with Gasteiger partial charge < -0.3 is 5.73 Å². The van der Waals surface area contributed by atoms with Crippen molar-refractivity contribution in [3.63, 3.8) is 0 Å². The molecular formula is C6H6ClFN2. The lowest BCUT2D eigenvalue weighted by atomic mass is 10.3. The number of nitrogens with zero attached hydrogens (tertiary/aromatic N) is 1. The van der Waals surface area contributed by atoms with Gasteiger partial charge >= 0.3 is 0 Å². The number of rotatable bonds is 1. The van der Waals surface area contributed by atoms with Gasteiger partial charge in [-0.2, -0.15) is 4.39 Å². The van der Waals surface area contributed by atoms with Crippen LogP contribution < -0.4 is 5.73 Å². The van der Waals surface area contributed by atoms with Crippen LogP contribution in [0, 0.1) is 5.95 Å². The van der Waals surface area contributed by atoms with Gasteiger partial charge in [-0.3, -0.25) is 0 Å². The summed E-state index contributed by atoms with van der Waals surface area (Å²) >= 11 is 5.37. The van der Waals surface area contributed by atoms with Crippen LogP contribution in [-0.2, 0) is 5.88 Å². The quantitative estimate of drug-likeness (QED) is 0.500. The Morgan fingerprint density at radius 3 is 2.90 bits per heavy atom. The maximum Gasteiger partial charge on any atom is 0.217 e. The molecule has 0 bridgehead atoms. The second-order valence-corrected chi connectivity index (χ2v) is 2.12. The predicted octanol–water partition coefficient (Wildman–Crippen LogP) is 1.54. The van der Waals surface area contributed by atoms with E-state index < -0.39 is 5.95 Å². The van der Waals surface area contributed by atoms with E-state index in [0.717, 1.165) is 0 Å². The molecule has 2 N–H and O–H groups in total. The van der Waals surface area contributed by atoms with Crippen LogP contribution in [0.1, 0.15) is 5.56 Å². The molecule has 0 fully saturated rings. The monoisotopic (exact) mass is 160 g/mol. The first-order valence-electron chi connectivity index (χ1n) is 2.70. The van der Waals surface area contributed by atoms with Crippen LogP contribution in [0.15, 0.2) is 12.3 Å². The SMILES string of the molecule is Nc1cnc(F)c(CCl)c1. The predicted molar refractivity (Wildman–Crippen MR) is 38.2 cm³/mol. The molecule has 0 radical (unpaired) electrons. The number of hydrogen-bond donors (Lipinski definition) is 1. The summed E-state index contributed by atoms with van der Waals surface area (Å²) in [7, 11) is 0. The third-order valence-electron chi connectivity index (χ3n) is 1.08. The minimum absolute atomic E-state index is 0.101. The zero-order valence-corrected chi connectivity index (χ0v) is 5.90. The maximum atomic E-state index is 12.5. The number of hydrogen-bond acceptors (Lipinski definition) is 2. The van der Waals surface area contributed by atoms with Crippen molar-refractivity contribution in [3.8, 4) is 0 Å². The van der Waals surface area contributed by atoms with Crippen LogP contribution in [0.5, 0.6) is 0 Å². The van der Waals surface area contributed by atoms with Crippen LogP contribution in [0.4, 0.5) is 10.1 Å². The van der Waals surface area contributed by atoms with Gasteiger partial charge in [-0.1, -0.05) is 0 Å². The van der Waals surface area contributed by atoms with Gasteiger partial charge in [-0.15, -0.1) is 11.6 Å². The van der Waals surface area contributed by atoms with Gasteiger partial charge in [0.05, 0.1) is 17.8 Å². The van der Waals surface area contributed by atoms with Crippen LogP contribution >= 0.6 is 11.6 Å². The van der Waals surface area contributed by atoms with E-state index in [-0.39, 0.29) is 5.88 Å². The summed E-state index contributed by atoms with van der Waals surface area (Å²) in [6.07, 6.45) is 1.26. The Bertz CT molecular complexity index is 239. The summed E-state index contributed by atoms with van der Waals surface area (Å²) < 4.78 is 12.5. The molecule has 1 rings (SSSR count). The number of aromatic nitrogens is 1. The lowest BCUT2D eigenvalue weighted by Crippen LogP contribution is -1.94. The van der Waals surface area contributed by atoms with Crippen molar-refractivity contribution in [1.82, 2.24) is 4.98 Å². The molecule has 1 aromatic heterocycles. The minimum atomic E-state index is -0.552. The van der Waals surface area contributed by atoms with Gasteiger partial charge in [-0.25, -0.2) is 4.98 Å². The van der Waals surface area contributed by atoms with Crippen molar-refractivity contribution in [3.05, 3.63) is 23.8 Å². The highest BCUT2D eigenvalue weighted by Crippen LogP contribution is 2.10. The van der Waals surface area contributed by atoms with Crippen molar-refractivity contribution in [2.24, 2.45) is 0 Å². The third kappa shape index (κ3) is 1.36. The van der Waals surface area contributed by atoms with E-state index in [1.165, 1.54) is 12.3 Å². The van der Waals surface area contributed by atoms with Gasteiger partial charge in [0, 0.05) is 5.56 Å². The standard InChI is InChI=1S/C6H6ClFN2/c7-2-4-1-5(9)3-10-6(4)8/h1,3H,2,9H2. The summed E-state index contributed by atoms with van der Waals surface area (Å²) in [4.78, 5) is 3.37. The van der Waals surface area contributed by atoms with E-state index in [4.69, 9.17) is 17.3 Å². The Hall–Kier alpha value is -0.830. The van der Waals surface area contributed by atoms with Crippen molar-refractivity contribution in [1.29, 1.82) is 0 Å². The fourth-order valence-electron chi connectivity index (χ4n) is 0.606. The van der Waals surface area contributed by atoms with Gasteiger partial charge in [0.25, 0.3) is 0 Å². The van der Waals surface area contributed by atoms with Crippen molar-refractivity contribution in [2.75, 3.05) is 5.73 Å². The molecule has 0 saturated heterocycles. The zero-order valence-electron chi connectivity index (χ0n) is 5.14. The first-order chi connectivity index (χ1) is 4.74. The zero-order chi connectivity index (χ0) is 7.56. The van der Waals surface area contributed by atoms with E-state index in [1.54, 1.807) is 0 Å². The van der Waals surface area contributed by atoms with E-state index in [9.17, 15) is 4.39 Å². The molecule has 4 heteroatoms. The number of nitrogen functional groups attached to an aromatic ring is 1. The summed E-state index contributed by atoms with van der Waals surface area (Å²) in [6.45, 7) is 0. The molecule has 0 saturated carbocycles. The molecule has 54 valence electrons. The van der Waals surface area contributed by atoms with Crippen LogP contribution in [-0.4, -0.2) is 4.98 Å². The van der Waals surface area contributed by atoms with Crippen LogP contribution in [0.25, 0.3) is 0 Å². The Balaban J connectivity index is 3.09. The summed E-state index contributed by atoms with van der Waals surface area (Å²) in [5.74, 6) is -0.451. The lowest BCUT2D eigenvalue weighted by Gasteiger charge is -1.96. The Morgan fingerprint density at radius 1 is 1.70 bits per heavy atom. The van der Waals surface area contributed by atoms with Crippen molar-refractivity contribution >= 4 is 17.3 Å². The number of nitrogens with two attached hydrogens (primary N) is 1. The van der Waals surface area contributed by atoms with E-state index in [1.807, 2.05) is 0 Å². The highest BCUT2D eigenvalue weighted by atomic mass is 35.5. The second-order valence-electron chi connectivity index (χ2n) is 1.85. The van der Waals surface area contributed by atoms with E-state index >= 15 is 0 Å². The van der Waals surface area contributed by atoms with Gasteiger partial charge in [0.15, 0.2) is 0 Å². The second kappa shape index (κ2) is 2.84. The van der Waals surface area contributed by atoms with Gasteiger partial charge in [0.2, 0.25) is 5.95 Å². The minimum Gasteiger partial charge on any atom is -0.397 e. The molecule has 0 aliphatic heterocycles. The normalized spacial score (nSPS) is 9.80. The Morgan fingerprint density at radius 2 is 2.40 bits per heavy atom. The summed E-state index contributed by atoms with van der Waals surface area (Å²) in [5.41, 5.74) is 6.08. The third-order valence-corrected chi connectivity index (χ3v) is 1.36. The fraction of sp³-hybridized carbons (Fsp3) is 0.167. The summed E-state index contributed by atoms with van der Waals surface area (Å²) in [6, 6.07) is 1.47. The molecule has 0 aliphatic carbocycles. The van der Waals surface area contributed by atoms with Gasteiger partial charge in [-0.05, 0) is 6.07 Å². The van der Waals surface area contributed by atoms with Crippen molar-refractivity contribution < 1.29 is 4.39 Å². The van der Waals surface area contributed by atoms with E-state index in [2.05, 4.69) is 4.98 Å². The van der Waals surface area contributed by atoms with Crippen molar-refractivity contribution in [2.45, 2.75) is 5.88 Å². The molecule has 0 amide bonds. The number of alkyl halides is 1. The topological polar surface area (TPSA) is 38.9 Å². The average Bonchev–Trinajstić information content (AvgIpc) is 1.94. The average molecular weight is 161 g/mol.